The molecule has 0 unspecified atom stereocenters. The van der Waals surface area contributed by atoms with Gasteiger partial charge in [-0.1, -0.05) is 18.7 Å². The van der Waals surface area contributed by atoms with Crippen LogP contribution in [-0.4, -0.2) is 18.6 Å². The Balaban J connectivity index is 2.24. The van der Waals surface area contributed by atoms with Crippen LogP contribution in [-0.2, 0) is 11.4 Å². The maximum absolute atomic E-state index is 14.6. The van der Waals surface area contributed by atoms with Crippen molar-refractivity contribution in [1.29, 1.82) is 0 Å². The lowest BCUT2D eigenvalue weighted by Crippen LogP contribution is -2.17. The third-order valence-electron chi connectivity index (χ3n) is 3.67. The van der Waals surface area contributed by atoms with E-state index in [2.05, 4.69) is 17.4 Å². The van der Waals surface area contributed by atoms with Gasteiger partial charge in [-0.3, -0.25) is 0 Å². The molecule has 7 heteroatoms. The van der Waals surface area contributed by atoms with Crippen LogP contribution in [0.15, 0.2) is 30.8 Å². The Morgan fingerprint density at radius 3 is 2.62 bits per heavy atom. The van der Waals surface area contributed by atoms with Crippen molar-refractivity contribution in [3.8, 4) is 0 Å². The van der Waals surface area contributed by atoms with E-state index in [9.17, 15) is 13.2 Å². The number of nitrogens with one attached hydrogen (secondary N) is 2. The van der Waals surface area contributed by atoms with E-state index in [0.29, 0.717) is 12.2 Å². The van der Waals surface area contributed by atoms with Crippen LogP contribution in [0.1, 0.15) is 16.7 Å². The van der Waals surface area contributed by atoms with E-state index in [1.165, 1.54) is 24.3 Å². The lowest BCUT2D eigenvalue weighted by Gasteiger charge is -2.15. The smallest absolute Gasteiger partial charge is 0.183 e. The molecular weight excluding hydrogens is 361 g/mol. The van der Waals surface area contributed by atoms with Crippen molar-refractivity contribution in [3.63, 3.8) is 0 Å². The Bertz CT molecular complexity index is 784. The first kappa shape index (κ1) is 20.4. The van der Waals surface area contributed by atoms with E-state index in [4.69, 9.17) is 4.84 Å². The Morgan fingerprint density at radius 2 is 1.96 bits per heavy atom. The van der Waals surface area contributed by atoms with Gasteiger partial charge in [-0.15, -0.1) is 0 Å². The Morgan fingerprint density at radius 1 is 1.19 bits per heavy atom. The predicted octanol–water partition coefficient (Wildman–Crippen LogP) is 5.18. The van der Waals surface area contributed by atoms with Gasteiger partial charge in [0.25, 0.3) is 0 Å². The van der Waals surface area contributed by atoms with E-state index in [1.807, 2.05) is 6.26 Å². The molecule has 0 heterocycles. The molecule has 0 radical (unpaired) electrons. The highest BCUT2D eigenvalue weighted by molar-refractivity contribution is 7.98. The Labute approximate surface area is 155 Å². The van der Waals surface area contributed by atoms with Crippen molar-refractivity contribution in [1.82, 2.24) is 5.48 Å². The fourth-order valence-corrected chi connectivity index (χ4v) is 2.55. The SMILES string of the molecule is C=Cc1cc(CNOCCSC)c(F)c(F)c1Nc1ccc(C)cc1F. The highest BCUT2D eigenvalue weighted by atomic mass is 32.2. The van der Waals surface area contributed by atoms with E-state index in [0.717, 1.165) is 11.3 Å². The number of hydroxylamine groups is 1. The molecule has 2 aromatic carbocycles. The van der Waals surface area contributed by atoms with Crippen molar-refractivity contribution >= 4 is 29.2 Å². The normalized spacial score (nSPS) is 10.8. The van der Waals surface area contributed by atoms with Crippen molar-refractivity contribution in [2.75, 3.05) is 23.9 Å². The zero-order valence-electron chi connectivity index (χ0n) is 14.7. The van der Waals surface area contributed by atoms with Gasteiger partial charge in [-0.2, -0.15) is 17.2 Å². The average Bonchev–Trinajstić information content (AvgIpc) is 2.62. The van der Waals surface area contributed by atoms with Crippen LogP contribution in [0.4, 0.5) is 24.5 Å². The minimum Gasteiger partial charge on any atom is -0.350 e. The summed E-state index contributed by atoms with van der Waals surface area (Å²) in [6.45, 7) is 5.81. The van der Waals surface area contributed by atoms with Gasteiger partial charge in [-0.05, 0) is 36.9 Å². The average molecular weight is 382 g/mol. The highest BCUT2D eigenvalue weighted by Crippen LogP contribution is 2.30. The maximum atomic E-state index is 14.6. The lowest BCUT2D eigenvalue weighted by molar-refractivity contribution is 0.0475. The van der Waals surface area contributed by atoms with Crippen molar-refractivity contribution in [2.45, 2.75) is 13.5 Å². The molecule has 0 atom stereocenters. The largest absolute Gasteiger partial charge is 0.350 e. The van der Waals surface area contributed by atoms with E-state index in [-0.39, 0.29) is 23.5 Å². The van der Waals surface area contributed by atoms with Crippen LogP contribution in [0.25, 0.3) is 6.08 Å². The number of aryl methyl sites for hydroxylation is 1. The monoisotopic (exact) mass is 382 g/mol. The molecule has 140 valence electrons. The number of rotatable bonds is 9. The number of hydrogen-bond donors (Lipinski definition) is 2. The summed E-state index contributed by atoms with van der Waals surface area (Å²) < 4.78 is 43.0. The molecule has 0 fully saturated rings. The fraction of sp³-hybridized carbons (Fsp3) is 0.263. The van der Waals surface area contributed by atoms with E-state index < -0.39 is 17.5 Å². The molecule has 0 aliphatic carbocycles. The van der Waals surface area contributed by atoms with Crippen LogP contribution in [0.3, 0.4) is 0 Å². The minimum atomic E-state index is -1.09. The highest BCUT2D eigenvalue weighted by Gasteiger charge is 2.18. The molecule has 0 spiro atoms. The first-order valence-corrected chi connectivity index (χ1v) is 9.37. The molecule has 0 amide bonds. The van der Waals surface area contributed by atoms with Crippen LogP contribution < -0.4 is 10.8 Å². The predicted molar refractivity (Wildman–Crippen MR) is 102 cm³/mol. The van der Waals surface area contributed by atoms with E-state index in [1.54, 1.807) is 24.8 Å². The van der Waals surface area contributed by atoms with Crippen molar-refractivity contribution in [2.24, 2.45) is 0 Å². The van der Waals surface area contributed by atoms with Crippen molar-refractivity contribution in [3.05, 3.63) is 65.0 Å². The zero-order valence-corrected chi connectivity index (χ0v) is 15.5. The van der Waals surface area contributed by atoms with Gasteiger partial charge < -0.3 is 10.2 Å². The van der Waals surface area contributed by atoms with Crippen LogP contribution in [0, 0.1) is 24.4 Å². The second-order valence-corrected chi connectivity index (χ2v) is 6.59. The summed E-state index contributed by atoms with van der Waals surface area (Å²) >= 11 is 1.61. The van der Waals surface area contributed by atoms with Gasteiger partial charge in [0.1, 0.15) is 5.82 Å². The van der Waals surface area contributed by atoms with Gasteiger partial charge in [0.2, 0.25) is 0 Å². The summed E-state index contributed by atoms with van der Waals surface area (Å²) in [4.78, 5) is 5.15. The maximum Gasteiger partial charge on any atom is 0.183 e. The molecule has 0 saturated heterocycles. The quantitative estimate of drug-likeness (QED) is 0.462. The molecule has 0 saturated carbocycles. The first-order chi connectivity index (χ1) is 12.5. The second-order valence-electron chi connectivity index (χ2n) is 5.60. The van der Waals surface area contributed by atoms with Crippen molar-refractivity contribution < 1.29 is 18.0 Å². The molecule has 0 aliphatic rings. The lowest BCUT2D eigenvalue weighted by atomic mass is 10.1. The van der Waals surface area contributed by atoms with Crippen LogP contribution in [0.5, 0.6) is 0 Å². The molecule has 26 heavy (non-hydrogen) atoms. The number of hydrogen-bond acceptors (Lipinski definition) is 4. The van der Waals surface area contributed by atoms with Gasteiger partial charge in [-0.25, -0.2) is 13.2 Å². The van der Waals surface area contributed by atoms with Crippen LogP contribution >= 0.6 is 11.8 Å². The molecule has 2 N–H and O–H groups in total. The van der Waals surface area contributed by atoms with E-state index >= 15 is 0 Å². The number of benzene rings is 2. The number of anilines is 2. The molecule has 2 rings (SSSR count). The Kier molecular flexibility index (Phi) is 7.56. The molecule has 0 aromatic heterocycles. The molecule has 0 aliphatic heterocycles. The standard InChI is InChI=1S/C19H21F3N2OS/c1-4-13-10-14(11-23-25-7-8-26-3)17(21)18(22)19(13)24-16-6-5-12(2)9-15(16)20/h4-6,9-10,23-24H,1,7-8,11H2,2-3H3. The summed E-state index contributed by atoms with van der Waals surface area (Å²) in [6, 6.07) is 5.92. The van der Waals surface area contributed by atoms with Crippen LogP contribution in [0.2, 0.25) is 0 Å². The van der Waals surface area contributed by atoms with Gasteiger partial charge in [0, 0.05) is 23.4 Å². The second kappa shape index (κ2) is 9.66. The summed E-state index contributed by atoms with van der Waals surface area (Å²) in [5.74, 6) is -1.88. The molecule has 3 nitrogen and oxygen atoms in total. The van der Waals surface area contributed by atoms with Gasteiger partial charge in [0.05, 0.1) is 18.0 Å². The first-order valence-electron chi connectivity index (χ1n) is 7.98. The molecular formula is C19H21F3N2OS. The van der Waals surface area contributed by atoms with Gasteiger partial charge >= 0.3 is 0 Å². The summed E-state index contributed by atoms with van der Waals surface area (Å²) in [5, 5.41) is 2.62. The topological polar surface area (TPSA) is 33.3 Å². The fourth-order valence-electron chi connectivity index (χ4n) is 2.30. The number of halogens is 3. The van der Waals surface area contributed by atoms with Gasteiger partial charge in [0.15, 0.2) is 11.6 Å². The summed E-state index contributed by atoms with van der Waals surface area (Å²) in [6.07, 6.45) is 3.33. The Hall–Kier alpha value is -1.96. The zero-order chi connectivity index (χ0) is 19.1. The summed E-state index contributed by atoms with van der Waals surface area (Å²) in [5.41, 5.74) is 3.65. The third-order valence-corrected chi connectivity index (χ3v) is 4.25. The summed E-state index contributed by atoms with van der Waals surface area (Å²) in [7, 11) is 0. The molecule has 2 aromatic rings. The molecule has 0 bridgehead atoms. The third kappa shape index (κ3) is 5.03. The minimum absolute atomic E-state index is 0.00283. The number of thioether (sulfide) groups is 1.